The minimum Gasteiger partial charge on any atom is -0.486 e. The number of benzene rings is 1. The van der Waals surface area contributed by atoms with Gasteiger partial charge in [0.2, 0.25) is 5.91 Å². The molecule has 6 heteroatoms. The molecule has 6 nitrogen and oxygen atoms in total. The number of likely N-dealkylation sites (tertiary alicyclic amines) is 1. The molecular weight excluding hydrogens is 320 g/mol. The van der Waals surface area contributed by atoms with Gasteiger partial charge in [-0.15, -0.1) is 0 Å². The van der Waals surface area contributed by atoms with Crippen molar-refractivity contribution >= 4 is 11.8 Å². The number of para-hydroxylation sites is 1. The number of piperidine rings is 1. The number of nitrogens with one attached hydrogen (secondary N) is 1. The van der Waals surface area contributed by atoms with Gasteiger partial charge in [-0.05, 0) is 52.2 Å². The average molecular weight is 346 g/mol. The minimum absolute atomic E-state index is 0.0949. The van der Waals surface area contributed by atoms with Gasteiger partial charge >= 0.3 is 0 Å². The first-order valence-electron chi connectivity index (χ1n) is 8.88. The highest BCUT2D eigenvalue weighted by molar-refractivity contribution is 6.00. The Labute approximate surface area is 148 Å². The highest BCUT2D eigenvalue weighted by Gasteiger charge is 2.35. The van der Waals surface area contributed by atoms with Crippen LogP contribution in [0.3, 0.4) is 0 Å². The number of nitrogens with zero attached hydrogens (tertiary/aromatic N) is 1. The number of carbonyl (C=O) groups excluding carboxylic acids is 2. The van der Waals surface area contributed by atoms with Crippen LogP contribution in [-0.4, -0.2) is 48.1 Å². The summed E-state index contributed by atoms with van der Waals surface area (Å²) in [5.41, 5.74) is 0.138. The summed E-state index contributed by atoms with van der Waals surface area (Å²) >= 11 is 0. The molecule has 0 spiro atoms. The zero-order valence-corrected chi connectivity index (χ0v) is 15.1. The number of hydrogen-bond acceptors (Lipinski definition) is 4. The second-order valence-electron chi connectivity index (χ2n) is 7.58. The molecular formula is C19H26N2O4. The summed E-state index contributed by atoms with van der Waals surface area (Å²) in [7, 11) is 0. The average Bonchev–Trinajstić information content (AvgIpc) is 2.59. The Morgan fingerprint density at radius 2 is 1.92 bits per heavy atom. The third-order valence-electron chi connectivity index (χ3n) is 4.36. The van der Waals surface area contributed by atoms with Crippen LogP contribution in [0.5, 0.6) is 11.5 Å². The van der Waals surface area contributed by atoms with Gasteiger partial charge in [0, 0.05) is 12.1 Å². The Bertz CT molecular complexity index is 666. The fourth-order valence-corrected chi connectivity index (χ4v) is 3.30. The van der Waals surface area contributed by atoms with E-state index >= 15 is 0 Å². The van der Waals surface area contributed by atoms with E-state index in [2.05, 4.69) is 5.32 Å². The van der Waals surface area contributed by atoms with Crippen LogP contribution >= 0.6 is 0 Å². The van der Waals surface area contributed by atoms with Crippen molar-refractivity contribution in [2.24, 2.45) is 0 Å². The summed E-state index contributed by atoms with van der Waals surface area (Å²) in [5.74, 6) is 0.808. The van der Waals surface area contributed by atoms with Crippen LogP contribution in [0.25, 0.3) is 0 Å². The summed E-state index contributed by atoms with van der Waals surface area (Å²) in [6, 6.07) is 4.88. The molecule has 0 unspecified atom stereocenters. The van der Waals surface area contributed by atoms with Gasteiger partial charge in [0.1, 0.15) is 19.3 Å². The van der Waals surface area contributed by atoms with Crippen LogP contribution < -0.4 is 14.8 Å². The molecule has 1 aromatic rings. The highest BCUT2D eigenvalue weighted by atomic mass is 16.6. The van der Waals surface area contributed by atoms with Crippen LogP contribution in [0.1, 0.15) is 50.4 Å². The van der Waals surface area contributed by atoms with E-state index in [1.54, 1.807) is 23.1 Å². The fourth-order valence-electron chi connectivity index (χ4n) is 3.30. The molecule has 0 saturated carbocycles. The summed E-state index contributed by atoms with van der Waals surface area (Å²) in [6.07, 6.45) is 2.52. The number of fused-ring (bicyclic) bond motifs is 1. The molecule has 1 N–H and O–H groups in total. The van der Waals surface area contributed by atoms with Crippen molar-refractivity contribution in [2.45, 2.75) is 51.6 Å². The van der Waals surface area contributed by atoms with Crippen LogP contribution in [0, 0.1) is 0 Å². The third-order valence-corrected chi connectivity index (χ3v) is 4.36. The second-order valence-corrected chi connectivity index (χ2v) is 7.58. The molecule has 0 bridgehead atoms. The van der Waals surface area contributed by atoms with Crippen LogP contribution in [0.4, 0.5) is 0 Å². The van der Waals surface area contributed by atoms with E-state index in [0.29, 0.717) is 43.2 Å². The molecule has 1 atom stereocenters. The van der Waals surface area contributed by atoms with Gasteiger partial charge in [0.05, 0.1) is 5.56 Å². The molecule has 2 aliphatic heterocycles. The predicted octanol–water partition coefficient (Wildman–Crippen LogP) is 2.37. The smallest absolute Gasteiger partial charge is 0.258 e. The summed E-state index contributed by atoms with van der Waals surface area (Å²) in [5, 5.41) is 3.00. The molecule has 25 heavy (non-hydrogen) atoms. The first-order chi connectivity index (χ1) is 11.9. The van der Waals surface area contributed by atoms with Gasteiger partial charge in [-0.2, -0.15) is 0 Å². The summed E-state index contributed by atoms with van der Waals surface area (Å²) in [4.78, 5) is 27.5. The lowest BCUT2D eigenvalue weighted by Crippen LogP contribution is -2.55. The number of amides is 2. The first-order valence-corrected chi connectivity index (χ1v) is 8.88. The lowest BCUT2D eigenvalue weighted by molar-refractivity contribution is -0.128. The quantitative estimate of drug-likeness (QED) is 0.893. The lowest BCUT2D eigenvalue weighted by atomic mass is 9.98. The second kappa shape index (κ2) is 6.94. The molecule has 0 aliphatic carbocycles. The highest BCUT2D eigenvalue weighted by Crippen LogP contribution is 2.35. The van der Waals surface area contributed by atoms with Crippen molar-refractivity contribution in [2.75, 3.05) is 19.8 Å². The topological polar surface area (TPSA) is 67.9 Å². The largest absolute Gasteiger partial charge is 0.486 e. The number of carbonyl (C=O) groups is 2. The minimum atomic E-state index is -0.444. The maximum absolute atomic E-state index is 13.2. The Balaban J connectivity index is 1.86. The van der Waals surface area contributed by atoms with Crippen molar-refractivity contribution in [3.05, 3.63) is 23.8 Å². The summed E-state index contributed by atoms with van der Waals surface area (Å²) < 4.78 is 11.2. The van der Waals surface area contributed by atoms with E-state index in [4.69, 9.17) is 9.47 Å². The summed E-state index contributed by atoms with van der Waals surface area (Å²) in [6.45, 7) is 7.30. The normalized spacial score (nSPS) is 20.1. The Kier molecular flexibility index (Phi) is 4.88. The standard InChI is InChI=1S/C19H26N2O4/c1-19(2,3)20-17(22)14-8-4-5-10-21(14)18(23)13-7-6-9-15-16(13)25-12-11-24-15/h6-7,9,14H,4-5,8,10-12H2,1-3H3,(H,20,22)/t14-/m1/s1. The van der Waals surface area contributed by atoms with E-state index in [1.807, 2.05) is 20.8 Å². The molecule has 2 aliphatic rings. The molecule has 3 rings (SSSR count). The molecule has 1 saturated heterocycles. The predicted molar refractivity (Wildman–Crippen MR) is 94.0 cm³/mol. The molecule has 1 aromatic carbocycles. The van der Waals surface area contributed by atoms with Crippen LogP contribution in [-0.2, 0) is 4.79 Å². The van der Waals surface area contributed by atoms with Crippen LogP contribution in [0.15, 0.2) is 18.2 Å². The zero-order chi connectivity index (χ0) is 18.0. The van der Waals surface area contributed by atoms with Gasteiger partial charge < -0.3 is 19.7 Å². The molecule has 0 aromatic heterocycles. The zero-order valence-electron chi connectivity index (χ0n) is 15.1. The molecule has 0 radical (unpaired) electrons. The van der Waals surface area contributed by atoms with E-state index in [9.17, 15) is 9.59 Å². The maximum atomic E-state index is 13.2. The van der Waals surface area contributed by atoms with Gasteiger partial charge in [-0.1, -0.05) is 6.07 Å². The Hall–Kier alpha value is -2.24. The van der Waals surface area contributed by atoms with Gasteiger partial charge in [0.15, 0.2) is 11.5 Å². The Morgan fingerprint density at radius 1 is 1.16 bits per heavy atom. The third kappa shape index (κ3) is 3.89. The van der Waals surface area contributed by atoms with Crippen LogP contribution in [0.2, 0.25) is 0 Å². The molecule has 2 heterocycles. The van der Waals surface area contributed by atoms with Crippen molar-refractivity contribution < 1.29 is 19.1 Å². The van der Waals surface area contributed by atoms with Crippen molar-refractivity contribution in [3.8, 4) is 11.5 Å². The SMILES string of the molecule is CC(C)(C)NC(=O)[C@H]1CCCCN1C(=O)c1cccc2c1OCCO2. The van der Waals surface area contributed by atoms with E-state index < -0.39 is 6.04 Å². The molecule has 1 fully saturated rings. The van der Waals surface area contributed by atoms with Crippen molar-refractivity contribution in [1.82, 2.24) is 10.2 Å². The lowest BCUT2D eigenvalue weighted by Gasteiger charge is -2.37. The maximum Gasteiger partial charge on any atom is 0.258 e. The van der Waals surface area contributed by atoms with E-state index in [-0.39, 0.29) is 17.4 Å². The van der Waals surface area contributed by atoms with Gasteiger partial charge in [-0.25, -0.2) is 0 Å². The van der Waals surface area contributed by atoms with Gasteiger partial charge in [0.25, 0.3) is 5.91 Å². The monoisotopic (exact) mass is 346 g/mol. The number of rotatable bonds is 2. The number of hydrogen-bond donors (Lipinski definition) is 1. The number of ether oxygens (including phenoxy) is 2. The van der Waals surface area contributed by atoms with E-state index in [1.165, 1.54) is 0 Å². The fraction of sp³-hybridized carbons (Fsp3) is 0.579. The van der Waals surface area contributed by atoms with Crippen molar-refractivity contribution in [1.29, 1.82) is 0 Å². The van der Waals surface area contributed by atoms with Crippen molar-refractivity contribution in [3.63, 3.8) is 0 Å². The Morgan fingerprint density at radius 3 is 2.68 bits per heavy atom. The van der Waals surface area contributed by atoms with Gasteiger partial charge in [-0.3, -0.25) is 9.59 Å². The first kappa shape index (κ1) is 17.6. The van der Waals surface area contributed by atoms with E-state index in [0.717, 1.165) is 12.8 Å². The molecule has 136 valence electrons. The molecule has 2 amide bonds.